The molecule has 26 heavy (non-hydrogen) atoms. The Kier molecular flexibility index (Phi) is 5.39. The monoisotopic (exact) mass is 375 g/mol. The molecule has 3 rings (SSSR count). The third-order valence-electron chi connectivity index (χ3n) is 3.98. The lowest BCUT2D eigenvalue weighted by molar-refractivity contribution is 0.0918. The number of hydrogen-bond acceptors (Lipinski definition) is 5. The number of aliphatic hydroxyl groups excluding tert-OH is 1. The standard InChI is InChI=1S/C19H18FNO4S/c1-24-11-6-7-16(25-2)13(8-11)15(22)10-21-19(23)18-9-12-14(20)4-3-5-17(12)26-18/h3-9,15,22H,10H2,1-2H3,(H,21,23). The van der Waals surface area contributed by atoms with Crippen molar-refractivity contribution >= 4 is 27.3 Å². The Hall–Kier alpha value is -2.64. The van der Waals surface area contributed by atoms with Crippen LogP contribution in [0.3, 0.4) is 0 Å². The summed E-state index contributed by atoms with van der Waals surface area (Å²) in [5.74, 6) is 0.341. The van der Waals surface area contributed by atoms with Gasteiger partial charge in [0.05, 0.1) is 19.1 Å². The van der Waals surface area contributed by atoms with Crippen molar-refractivity contribution in [3.8, 4) is 11.5 Å². The molecule has 7 heteroatoms. The van der Waals surface area contributed by atoms with Gasteiger partial charge in [0.15, 0.2) is 0 Å². The Balaban J connectivity index is 1.73. The molecule has 1 amide bonds. The molecule has 1 aromatic heterocycles. The molecule has 2 N–H and O–H groups in total. The lowest BCUT2D eigenvalue weighted by Crippen LogP contribution is -2.27. The number of aliphatic hydroxyl groups is 1. The zero-order valence-electron chi connectivity index (χ0n) is 14.3. The minimum atomic E-state index is -0.977. The number of ether oxygens (including phenoxy) is 2. The number of thiophene rings is 1. The summed E-state index contributed by atoms with van der Waals surface area (Å²) in [6.45, 7) is -0.0148. The van der Waals surface area contributed by atoms with Crippen LogP contribution in [-0.2, 0) is 0 Å². The maximum atomic E-state index is 13.8. The van der Waals surface area contributed by atoms with E-state index in [1.54, 1.807) is 30.3 Å². The fraction of sp³-hybridized carbons (Fsp3) is 0.211. The van der Waals surface area contributed by atoms with E-state index < -0.39 is 6.10 Å². The fourth-order valence-corrected chi connectivity index (χ4v) is 3.62. The molecule has 1 heterocycles. The number of nitrogens with one attached hydrogen (secondary N) is 1. The Morgan fingerprint density at radius 2 is 2.04 bits per heavy atom. The van der Waals surface area contributed by atoms with Gasteiger partial charge in [0.2, 0.25) is 0 Å². The van der Waals surface area contributed by atoms with Crippen LogP contribution < -0.4 is 14.8 Å². The molecule has 0 bridgehead atoms. The quantitative estimate of drug-likeness (QED) is 0.692. The Labute approximate surface area is 154 Å². The highest BCUT2D eigenvalue weighted by atomic mass is 32.1. The summed E-state index contributed by atoms with van der Waals surface area (Å²) in [6, 6.07) is 11.3. The molecule has 0 aliphatic heterocycles. The minimum Gasteiger partial charge on any atom is -0.497 e. The van der Waals surface area contributed by atoms with Crippen LogP contribution in [0.5, 0.6) is 11.5 Å². The highest BCUT2D eigenvalue weighted by molar-refractivity contribution is 7.20. The molecule has 0 aliphatic carbocycles. The van der Waals surface area contributed by atoms with Gasteiger partial charge in [0, 0.05) is 22.2 Å². The van der Waals surface area contributed by atoms with Gasteiger partial charge in [-0.2, -0.15) is 0 Å². The number of amides is 1. The van der Waals surface area contributed by atoms with Gasteiger partial charge >= 0.3 is 0 Å². The van der Waals surface area contributed by atoms with E-state index in [0.717, 1.165) is 0 Å². The van der Waals surface area contributed by atoms with E-state index in [9.17, 15) is 14.3 Å². The summed E-state index contributed by atoms with van der Waals surface area (Å²) in [6.07, 6.45) is -0.977. The lowest BCUT2D eigenvalue weighted by Gasteiger charge is -2.16. The van der Waals surface area contributed by atoms with Crippen molar-refractivity contribution < 1.29 is 23.8 Å². The first-order valence-electron chi connectivity index (χ1n) is 7.89. The van der Waals surface area contributed by atoms with Crippen LogP contribution in [0, 0.1) is 5.82 Å². The number of halogens is 1. The van der Waals surface area contributed by atoms with E-state index in [4.69, 9.17) is 9.47 Å². The van der Waals surface area contributed by atoms with Crippen molar-refractivity contribution in [1.29, 1.82) is 0 Å². The van der Waals surface area contributed by atoms with Crippen molar-refractivity contribution in [3.05, 3.63) is 58.7 Å². The van der Waals surface area contributed by atoms with E-state index in [1.165, 1.54) is 37.7 Å². The Morgan fingerprint density at radius 3 is 2.73 bits per heavy atom. The molecule has 1 atom stereocenters. The number of benzene rings is 2. The molecule has 3 aromatic rings. The summed E-state index contributed by atoms with van der Waals surface area (Å²) in [5, 5.41) is 13.5. The topological polar surface area (TPSA) is 67.8 Å². The molecule has 0 aliphatic rings. The molecule has 0 spiro atoms. The van der Waals surface area contributed by atoms with E-state index in [2.05, 4.69) is 5.32 Å². The summed E-state index contributed by atoms with van der Waals surface area (Å²) in [4.78, 5) is 12.7. The fourth-order valence-electron chi connectivity index (χ4n) is 2.62. The molecular weight excluding hydrogens is 357 g/mol. The second-order valence-electron chi connectivity index (χ2n) is 5.60. The smallest absolute Gasteiger partial charge is 0.261 e. The molecule has 136 valence electrons. The van der Waals surface area contributed by atoms with Gasteiger partial charge in [-0.15, -0.1) is 11.3 Å². The van der Waals surface area contributed by atoms with Crippen LogP contribution in [-0.4, -0.2) is 31.8 Å². The predicted octanol–water partition coefficient (Wildman–Crippen LogP) is 3.52. The van der Waals surface area contributed by atoms with Crippen molar-refractivity contribution in [3.63, 3.8) is 0 Å². The third kappa shape index (κ3) is 3.63. The van der Waals surface area contributed by atoms with Crippen molar-refractivity contribution in [2.45, 2.75) is 6.10 Å². The van der Waals surface area contributed by atoms with Crippen molar-refractivity contribution in [2.75, 3.05) is 20.8 Å². The van der Waals surface area contributed by atoms with Crippen LogP contribution in [0.15, 0.2) is 42.5 Å². The highest BCUT2D eigenvalue weighted by Crippen LogP contribution is 2.30. The SMILES string of the molecule is COc1ccc(OC)c(C(O)CNC(=O)c2cc3c(F)cccc3s2)c1. The number of fused-ring (bicyclic) bond motifs is 1. The first-order valence-corrected chi connectivity index (χ1v) is 8.71. The van der Waals surface area contributed by atoms with Crippen LogP contribution in [0.1, 0.15) is 21.3 Å². The van der Waals surface area contributed by atoms with E-state index >= 15 is 0 Å². The van der Waals surface area contributed by atoms with Crippen molar-refractivity contribution in [1.82, 2.24) is 5.32 Å². The van der Waals surface area contributed by atoms with E-state index in [1.807, 2.05) is 0 Å². The molecule has 0 saturated carbocycles. The van der Waals surface area contributed by atoms with Gasteiger partial charge < -0.3 is 19.9 Å². The molecule has 0 saturated heterocycles. The number of rotatable bonds is 6. The van der Waals surface area contributed by atoms with E-state index in [-0.39, 0.29) is 18.3 Å². The second kappa shape index (κ2) is 7.72. The molecule has 0 fully saturated rings. The number of methoxy groups -OCH3 is 2. The molecule has 1 unspecified atom stereocenters. The maximum absolute atomic E-state index is 13.8. The third-order valence-corrected chi connectivity index (χ3v) is 5.08. The summed E-state index contributed by atoms with van der Waals surface area (Å²) in [5.41, 5.74) is 0.509. The zero-order chi connectivity index (χ0) is 18.7. The van der Waals surface area contributed by atoms with Crippen LogP contribution >= 0.6 is 11.3 Å². The summed E-state index contributed by atoms with van der Waals surface area (Å²) in [7, 11) is 3.03. The molecule has 0 radical (unpaired) electrons. The van der Waals surface area contributed by atoms with E-state index in [0.29, 0.717) is 32.0 Å². The number of hydrogen-bond donors (Lipinski definition) is 2. The average molecular weight is 375 g/mol. The van der Waals surface area contributed by atoms with Crippen LogP contribution in [0.4, 0.5) is 4.39 Å². The normalized spacial score (nSPS) is 12.0. The zero-order valence-corrected chi connectivity index (χ0v) is 15.1. The number of carbonyl (C=O) groups is 1. The molecule has 2 aromatic carbocycles. The van der Waals surface area contributed by atoms with Gasteiger partial charge in [-0.1, -0.05) is 6.07 Å². The first kappa shape index (κ1) is 18.2. The second-order valence-corrected chi connectivity index (χ2v) is 6.68. The van der Waals surface area contributed by atoms with Gasteiger partial charge in [-0.05, 0) is 36.4 Å². The van der Waals surface area contributed by atoms with Crippen LogP contribution in [0.2, 0.25) is 0 Å². The Morgan fingerprint density at radius 1 is 1.23 bits per heavy atom. The Bertz CT molecular complexity index is 940. The number of carbonyl (C=O) groups excluding carboxylic acids is 1. The summed E-state index contributed by atoms with van der Waals surface area (Å²) < 4.78 is 24.9. The minimum absolute atomic E-state index is 0.0148. The van der Waals surface area contributed by atoms with Gasteiger partial charge in [-0.3, -0.25) is 4.79 Å². The van der Waals surface area contributed by atoms with Crippen LogP contribution in [0.25, 0.3) is 10.1 Å². The first-order chi connectivity index (χ1) is 12.5. The van der Waals surface area contributed by atoms with Crippen molar-refractivity contribution in [2.24, 2.45) is 0 Å². The largest absolute Gasteiger partial charge is 0.497 e. The van der Waals surface area contributed by atoms with Gasteiger partial charge in [-0.25, -0.2) is 4.39 Å². The lowest BCUT2D eigenvalue weighted by atomic mass is 10.1. The predicted molar refractivity (Wildman–Crippen MR) is 98.6 cm³/mol. The highest BCUT2D eigenvalue weighted by Gasteiger charge is 2.17. The molecule has 5 nitrogen and oxygen atoms in total. The summed E-state index contributed by atoms with van der Waals surface area (Å²) >= 11 is 1.20. The van der Waals surface area contributed by atoms with Gasteiger partial charge in [0.25, 0.3) is 5.91 Å². The average Bonchev–Trinajstić information content (AvgIpc) is 3.11. The molecular formula is C19H18FNO4S. The van der Waals surface area contributed by atoms with Gasteiger partial charge in [0.1, 0.15) is 23.4 Å². The maximum Gasteiger partial charge on any atom is 0.261 e.